The number of hydrogen-bond acceptors (Lipinski definition) is 4. The maximum atomic E-state index is 13.3. The Morgan fingerprint density at radius 2 is 2.10 bits per heavy atom. The molecule has 0 aliphatic rings. The summed E-state index contributed by atoms with van der Waals surface area (Å²) >= 11 is 0. The number of rotatable bonds is 3. The summed E-state index contributed by atoms with van der Waals surface area (Å²) in [6.45, 7) is 5.88. The smallest absolute Gasteiger partial charge is 0.295 e. The van der Waals surface area contributed by atoms with E-state index in [0.717, 1.165) is 0 Å². The van der Waals surface area contributed by atoms with Crippen molar-refractivity contribution in [1.29, 1.82) is 0 Å². The molecule has 0 fully saturated rings. The van der Waals surface area contributed by atoms with Crippen LogP contribution in [0.4, 0.5) is 10.1 Å². The minimum Gasteiger partial charge on any atom is -0.494 e. The van der Waals surface area contributed by atoms with Crippen LogP contribution < -0.4 is 10.1 Å². The fraction of sp³-hybridized carbons (Fsp3) is 0.357. The van der Waals surface area contributed by atoms with E-state index in [1.807, 2.05) is 20.8 Å². The van der Waals surface area contributed by atoms with Crippen molar-refractivity contribution in [2.24, 2.45) is 0 Å². The van der Waals surface area contributed by atoms with Gasteiger partial charge in [-0.05, 0) is 12.1 Å². The summed E-state index contributed by atoms with van der Waals surface area (Å²) in [6, 6.07) is 4.05. The SMILES string of the molecule is COc1cc(NC(=O)c2n[nH]c(C(C)(C)C)n2)ccc1F. The average molecular weight is 292 g/mol. The fourth-order valence-electron chi connectivity index (χ4n) is 1.62. The van der Waals surface area contributed by atoms with Gasteiger partial charge < -0.3 is 10.1 Å². The Kier molecular flexibility index (Phi) is 3.93. The minimum absolute atomic E-state index is 0.0308. The maximum Gasteiger partial charge on any atom is 0.295 e. The summed E-state index contributed by atoms with van der Waals surface area (Å²) in [5.74, 6) is -0.274. The zero-order valence-electron chi connectivity index (χ0n) is 12.3. The highest BCUT2D eigenvalue weighted by molar-refractivity contribution is 6.01. The molecule has 1 heterocycles. The third-order valence-corrected chi connectivity index (χ3v) is 2.81. The Morgan fingerprint density at radius 3 is 2.67 bits per heavy atom. The monoisotopic (exact) mass is 292 g/mol. The van der Waals surface area contributed by atoms with Gasteiger partial charge in [-0.15, -0.1) is 5.10 Å². The van der Waals surface area contributed by atoms with Gasteiger partial charge in [-0.2, -0.15) is 0 Å². The number of carbonyl (C=O) groups is 1. The molecule has 0 spiro atoms. The highest BCUT2D eigenvalue weighted by Crippen LogP contribution is 2.22. The van der Waals surface area contributed by atoms with Crippen LogP contribution in [0.3, 0.4) is 0 Å². The quantitative estimate of drug-likeness (QED) is 0.911. The van der Waals surface area contributed by atoms with Crippen molar-refractivity contribution in [2.75, 3.05) is 12.4 Å². The van der Waals surface area contributed by atoms with Gasteiger partial charge in [0.2, 0.25) is 5.82 Å². The highest BCUT2D eigenvalue weighted by atomic mass is 19.1. The molecule has 1 amide bonds. The summed E-state index contributed by atoms with van der Waals surface area (Å²) < 4.78 is 18.2. The summed E-state index contributed by atoms with van der Waals surface area (Å²) in [6.07, 6.45) is 0. The topological polar surface area (TPSA) is 79.9 Å². The van der Waals surface area contributed by atoms with Gasteiger partial charge in [0.1, 0.15) is 5.82 Å². The molecular formula is C14H17FN4O2. The van der Waals surface area contributed by atoms with Gasteiger partial charge in [-0.1, -0.05) is 20.8 Å². The Hall–Kier alpha value is -2.44. The second-order valence-corrected chi connectivity index (χ2v) is 5.56. The van der Waals surface area contributed by atoms with Crippen molar-refractivity contribution in [2.45, 2.75) is 26.2 Å². The van der Waals surface area contributed by atoms with Gasteiger partial charge in [0.15, 0.2) is 11.6 Å². The Labute approximate surface area is 121 Å². The highest BCUT2D eigenvalue weighted by Gasteiger charge is 2.21. The zero-order chi connectivity index (χ0) is 15.6. The second-order valence-electron chi connectivity index (χ2n) is 5.56. The largest absolute Gasteiger partial charge is 0.494 e. The molecule has 1 aromatic carbocycles. The van der Waals surface area contributed by atoms with Crippen LogP contribution in [0, 0.1) is 5.82 Å². The van der Waals surface area contributed by atoms with Gasteiger partial charge in [0.05, 0.1) is 7.11 Å². The number of halogens is 1. The lowest BCUT2D eigenvalue weighted by molar-refractivity contribution is 0.101. The average Bonchev–Trinajstić information content (AvgIpc) is 2.90. The van der Waals surface area contributed by atoms with Gasteiger partial charge in [-0.25, -0.2) is 9.37 Å². The first-order valence-corrected chi connectivity index (χ1v) is 6.39. The zero-order valence-corrected chi connectivity index (χ0v) is 12.3. The first kappa shape index (κ1) is 15.0. The van der Waals surface area contributed by atoms with E-state index < -0.39 is 11.7 Å². The predicted octanol–water partition coefficient (Wildman–Crippen LogP) is 2.50. The summed E-state index contributed by atoms with van der Waals surface area (Å²) in [4.78, 5) is 16.2. The Morgan fingerprint density at radius 1 is 1.38 bits per heavy atom. The number of benzene rings is 1. The third-order valence-electron chi connectivity index (χ3n) is 2.81. The second kappa shape index (κ2) is 5.51. The molecule has 1 aromatic heterocycles. The van der Waals surface area contributed by atoms with E-state index in [1.165, 1.54) is 25.3 Å². The summed E-state index contributed by atoms with van der Waals surface area (Å²) in [5.41, 5.74) is 0.172. The number of aromatic amines is 1. The molecule has 21 heavy (non-hydrogen) atoms. The van der Waals surface area contributed by atoms with Crippen LogP contribution in [0.15, 0.2) is 18.2 Å². The van der Waals surface area contributed by atoms with E-state index in [1.54, 1.807) is 0 Å². The molecule has 0 atom stereocenters. The first-order valence-electron chi connectivity index (χ1n) is 6.39. The Balaban J connectivity index is 2.16. The number of amides is 1. The molecule has 0 saturated heterocycles. The van der Waals surface area contributed by atoms with E-state index in [9.17, 15) is 9.18 Å². The van der Waals surface area contributed by atoms with Crippen LogP contribution in [0.25, 0.3) is 0 Å². The van der Waals surface area contributed by atoms with Crippen LogP contribution in [-0.4, -0.2) is 28.2 Å². The van der Waals surface area contributed by atoms with Gasteiger partial charge >= 0.3 is 0 Å². The van der Waals surface area contributed by atoms with Crippen LogP contribution in [-0.2, 0) is 5.41 Å². The lowest BCUT2D eigenvalue weighted by atomic mass is 9.96. The van der Waals surface area contributed by atoms with Gasteiger partial charge in [0.25, 0.3) is 5.91 Å². The van der Waals surface area contributed by atoms with E-state index in [4.69, 9.17) is 4.74 Å². The lowest BCUT2D eigenvalue weighted by Gasteiger charge is -2.12. The number of hydrogen-bond donors (Lipinski definition) is 2. The molecular weight excluding hydrogens is 275 g/mol. The van der Waals surface area contributed by atoms with Crippen molar-refractivity contribution in [3.63, 3.8) is 0 Å². The van der Waals surface area contributed by atoms with Crippen molar-refractivity contribution in [3.8, 4) is 5.75 Å². The molecule has 0 aliphatic carbocycles. The summed E-state index contributed by atoms with van der Waals surface area (Å²) in [7, 11) is 1.36. The van der Waals surface area contributed by atoms with Gasteiger partial charge in [0, 0.05) is 17.2 Å². The maximum absolute atomic E-state index is 13.3. The molecule has 0 unspecified atom stereocenters. The summed E-state index contributed by atoms with van der Waals surface area (Å²) in [5, 5.41) is 9.22. The number of nitrogens with zero attached hydrogens (tertiary/aromatic N) is 2. The number of anilines is 1. The predicted molar refractivity (Wildman–Crippen MR) is 76.0 cm³/mol. The van der Waals surface area contributed by atoms with E-state index in [0.29, 0.717) is 11.5 Å². The molecule has 112 valence electrons. The number of aromatic nitrogens is 3. The molecule has 0 radical (unpaired) electrons. The molecule has 2 rings (SSSR count). The van der Waals surface area contributed by atoms with E-state index in [2.05, 4.69) is 20.5 Å². The van der Waals surface area contributed by atoms with Gasteiger partial charge in [-0.3, -0.25) is 9.89 Å². The van der Waals surface area contributed by atoms with E-state index >= 15 is 0 Å². The third kappa shape index (κ3) is 3.36. The number of methoxy groups -OCH3 is 1. The van der Waals surface area contributed by atoms with Crippen LogP contribution >= 0.6 is 0 Å². The minimum atomic E-state index is -0.497. The van der Waals surface area contributed by atoms with E-state index in [-0.39, 0.29) is 17.0 Å². The van der Waals surface area contributed by atoms with Crippen LogP contribution in [0.5, 0.6) is 5.75 Å². The van der Waals surface area contributed by atoms with Crippen LogP contribution in [0.2, 0.25) is 0 Å². The van der Waals surface area contributed by atoms with Crippen molar-refractivity contribution in [3.05, 3.63) is 35.7 Å². The number of carbonyl (C=O) groups excluding carboxylic acids is 1. The molecule has 0 aliphatic heterocycles. The Bertz CT molecular complexity index is 661. The normalized spacial score (nSPS) is 11.3. The van der Waals surface area contributed by atoms with Crippen molar-refractivity contribution in [1.82, 2.24) is 15.2 Å². The van der Waals surface area contributed by atoms with Crippen molar-refractivity contribution < 1.29 is 13.9 Å². The number of H-pyrrole nitrogens is 1. The number of nitrogens with one attached hydrogen (secondary N) is 2. The molecule has 0 saturated carbocycles. The molecule has 0 bridgehead atoms. The fourth-order valence-corrected chi connectivity index (χ4v) is 1.62. The molecule has 2 N–H and O–H groups in total. The number of ether oxygens (including phenoxy) is 1. The molecule has 2 aromatic rings. The lowest BCUT2D eigenvalue weighted by Crippen LogP contribution is -2.16. The molecule has 7 heteroatoms. The van der Waals surface area contributed by atoms with Crippen LogP contribution in [0.1, 0.15) is 37.2 Å². The molecule has 6 nitrogen and oxygen atoms in total. The standard InChI is InChI=1S/C14H17FN4O2/c1-14(2,3)13-17-11(18-19-13)12(20)16-8-5-6-9(15)10(7-8)21-4/h5-7H,1-4H3,(H,16,20)(H,17,18,19). The van der Waals surface area contributed by atoms with Crippen molar-refractivity contribution >= 4 is 11.6 Å². The first-order chi connectivity index (χ1) is 9.81.